The normalized spacial score (nSPS) is 11.1. The zero-order chi connectivity index (χ0) is 19.5. The van der Waals surface area contributed by atoms with Gasteiger partial charge in [0.05, 0.1) is 22.3 Å². The fourth-order valence-electron chi connectivity index (χ4n) is 2.89. The Morgan fingerprint density at radius 3 is 2.89 bits per heavy atom. The fourth-order valence-corrected chi connectivity index (χ4v) is 4.49. The van der Waals surface area contributed by atoms with Gasteiger partial charge in [0.25, 0.3) is 5.91 Å². The highest BCUT2D eigenvalue weighted by Gasteiger charge is 2.23. The molecule has 0 bridgehead atoms. The molecule has 4 rings (SSSR count). The molecule has 1 amide bonds. The van der Waals surface area contributed by atoms with Crippen LogP contribution in [0.5, 0.6) is 0 Å². The number of anilines is 1. The summed E-state index contributed by atoms with van der Waals surface area (Å²) in [6.07, 6.45) is 5.50. The third-order valence-electron chi connectivity index (χ3n) is 4.26. The van der Waals surface area contributed by atoms with Crippen molar-refractivity contribution in [2.45, 2.75) is 11.4 Å². The molecule has 0 unspecified atom stereocenters. The average molecular weight is 413 g/mol. The molecule has 4 aromatic rings. The van der Waals surface area contributed by atoms with E-state index in [1.165, 1.54) is 35.2 Å². The molecule has 2 aromatic heterocycles. The van der Waals surface area contributed by atoms with Gasteiger partial charge in [0, 0.05) is 23.8 Å². The van der Waals surface area contributed by atoms with Crippen molar-refractivity contribution in [3.05, 3.63) is 72.3 Å². The number of carbonyl (C=O) groups is 1. The Morgan fingerprint density at radius 1 is 1.25 bits per heavy atom. The number of thioether (sulfide) groups is 1. The molecule has 0 fully saturated rings. The van der Waals surface area contributed by atoms with Crippen LogP contribution in [-0.4, -0.2) is 33.5 Å². The predicted molar refractivity (Wildman–Crippen MR) is 112 cm³/mol. The van der Waals surface area contributed by atoms with Crippen LogP contribution < -0.4 is 4.90 Å². The van der Waals surface area contributed by atoms with Gasteiger partial charge in [-0.3, -0.25) is 14.4 Å². The highest BCUT2D eigenvalue weighted by Crippen LogP contribution is 2.31. The second-order valence-corrected chi connectivity index (χ2v) is 7.89. The maximum absolute atomic E-state index is 13.6. The third-order valence-corrected chi connectivity index (χ3v) is 6.10. The van der Waals surface area contributed by atoms with E-state index in [9.17, 15) is 9.18 Å². The molecule has 5 nitrogen and oxygen atoms in total. The molecular formula is C20H17FN4OS2. The molecule has 0 atom stereocenters. The number of fused-ring (bicyclic) bond motifs is 1. The fraction of sp³-hybridized carbons (Fsp3) is 0.150. The standard InChI is InChI=1S/C20H17FN4OS2/c1-27-17-6-3-2-5-15(17)19(26)25(12-11-24-10-4-9-22-24)20-23-16-8-7-14(21)13-18(16)28-20/h2-10,13H,11-12H2,1H3. The van der Waals surface area contributed by atoms with Crippen molar-refractivity contribution in [2.24, 2.45) is 0 Å². The number of amides is 1. The molecule has 0 saturated heterocycles. The van der Waals surface area contributed by atoms with E-state index in [0.717, 1.165) is 4.90 Å². The first-order chi connectivity index (χ1) is 13.7. The number of rotatable bonds is 6. The van der Waals surface area contributed by atoms with Crippen LogP contribution in [0.3, 0.4) is 0 Å². The van der Waals surface area contributed by atoms with Gasteiger partial charge in [0.2, 0.25) is 0 Å². The Bertz CT molecular complexity index is 1110. The Morgan fingerprint density at radius 2 is 2.11 bits per heavy atom. The summed E-state index contributed by atoms with van der Waals surface area (Å²) in [5.74, 6) is -0.443. The summed E-state index contributed by atoms with van der Waals surface area (Å²) in [6.45, 7) is 0.940. The third kappa shape index (κ3) is 3.79. The van der Waals surface area contributed by atoms with E-state index in [0.29, 0.717) is 34.0 Å². The Kier molecular flexibility index (Phi) is 5.40. The lowest BCUT2D eigenvalue weighted by Crippen LogP contribution is -2.34. The van der Waals surface area contributed by atoms with Crippen molar-refractivity contribution >= 4 is 44.4 Å². The Hall–Kier alpha value is -2.71. The van der Waals surface area contributed by atoms with Crippen molar-refractivity contribution in [1.82, 2.24) is 14.8 Å². The van der Waals surface area contributed by atoms with Crippen molar-refractivity contribution in [3.8, 4) is 0 Å². The van der Waals surface area contributed by atoms with Gasteiger partial charge in [-0.05, 0) is 42.7 Å². The van der Waals surface area contributed by atoms with Crippen molar-refractivity contribution in [2.75, 3.05) is 17.7 Å². The largest absolute Gasteiger partial charge is 0.282 e. The highest BCUT2D eigenvalue weighted by atomic mass is 32.2. The molecule has 2 aromatic carbocycles. The van der Waals surface area contributed by atoms with E-state index >= 15 is 0 Å². The summed E-state index contributed by atoms with van der Waals surface area (Å²) in [4.78, 5) is 20.5. The predicted octanol–water partition coefficient (Wildman–Crippen LogP) is 4.70. The van der Waals surface area contributed by atoms with Gasteiger partial charge < -0.3 is 0 Å². The summed E-state index contributed by atoms with van der Waals surface area (Å²) in [5, 5.41) is 4.76. The average Bonchev–Trinajstić information content (AvgIpc) is 3.37. The van der Waals surface area contributed by atoms with Gasteiger partial charge in [-0.25, -0.2) is 9.37 Å². The lowest BCUT2D eigenvalue weighted by Gasteiger charge is -2.21. The Balaban J connectivity index is 1.72. The molecule has 8 heteroatoms. The van der Waals surface area contributed by atoms with Crippen LogP contribution in [0.2, 0.25) is 0 Å². The molecule has 0 spiro atoms. The van der Waals surface area contributed by atoms with Crippen molar-refractivity contribution < 1.29 is 9.18 Å². The number of nitrogens with zero attached hydrogens (tertiary/aromatic N) is 4. The summed E-state index contributed by atoms with van der Waals surface area (Å²) in [7, 11) is 0. The molecule has 0 aliphatic carbocycles. The molecule has 0 radical (unpaired) electrons. The smallest absolute Gasteiger partial charge is 0.261 e. The van der Waals surface area contributed by atoms with Crippen molar-refractivity contribution in [1.29, 1.82) is 0 Å². The molecular weight excluding hydrogens is 395 g/mol. The van der Waals surface area contributed by atoms with E-state index in [1.807, 2.05) is 42.8 Å². The van der Waals surface area contributed by atoms with Gasteiger partial charge in [-0.2, -0.15) is 5.10 Å². The highest BCUT2D eigenvalue weighted by molar-refractivity contribution is 7.98. The molecule has 0 saturated carbocycles. The molecule has 0 aliphatic rings. The number of hydrogen-bond donors (Lipinski definition) is 0. The monoisotopic (exact) mass is 412 g/mol. The van der Waals surface area contributed by atoms with Gasteiger partial charge >= 0.3 is 0 Å². The number of hydrogen-bond acceptors (Lipinski definition) is 5. The van der Waals surface area contributed by atoms with Gasteiger partial charge in [0.15, 0.2) is 5.13 Å². The van der Waals surface area contributed by atoms with Gasteiger partial charge in [-0.1, -0.05) is 23.5 Å². The molecule has 0 N–H and O–H groups in total. The zero-order valence-electron chi connectivity index (χ0n) is 15.1. The van der Waals surface area contributed by atoms with Crippen LogP contribution in [0.1, 0.15) is 10.4 Å². The first-order valence-corrected chi connectivity index (χ1v) is 10.7. The minimum atomic E-state index is -0.315. The van der Waals surface area contributed by atoms with Crippen LogP contribution in [0.25, 0.3) is 10.2 Å². The summed E-state index contributed by atoms with van der Waals surface area (Å²) < 4.78 is 16.1. The van der Waals surface area contributed by atoms with Gasteiger partial charge in [-0.15, -0.1) is 11.8 Å². The summed E-state index contributed by atoms with van der Waals surface area (Å²) in [6, 6.07) is 13.8. The minimum absolute atomic E-state index is 0.128. The quantitative estimate of drug-likeness (QED) is 0.431. The number of halogens is 1. The first kappa shape index (κ1) is 18.6. The summed E-state index contributed by atoms with van der Waals surface area (Å²) in [5.41, 5.74) is 1.30. The van der Waals surface area contributed by atoms with Crippen LogP contribution in [0.4, 0.5) is 9.52 Å². The van der Waals surface area contributed by atoms with Gasteiger partial charge in [0.1, 0.15) is 5.82 Å². The van der Waals surface area contributed by atoms with E-state index in [2.05, 4.69) is 10.1 Å². The van der Waals surface area contributed by atoms with E-state index in [1.54, 1.807) is 21.8 Å². The summed E-state index contributed by atoms with van der Waals surface area (Å²) >= 11 is 2.84. The number of aromatic nitrogens is 3. The molecule has 0 aliphatic heterocycles. The maximum atomic E-state index is 13.6. The van der Waals surface area contributed by atoms with Crippen LogP contribution in [-0.2, 0) is 6.54 Å². The van der Waals surface area contributed by atoms with E-state index in [-0.39, 0.29) is 11.7 Å². The van der Waals surface area contributed by atoms with E-state index < -0.39 is 0 Å². The number of benzene rings is 2. The second kappa shape index (κ2) is 8.12. The first-order valence-electron chi connectivity index (χ1n) is 8.64. The molecule has 142 valence electrons. The Labute approximate surface area is 169 Å². The second-order valence-electron chi connectivity index (χ2n) is 6.03. The molecule has 2 heterocycles. The maximum Gasteiger partial charge on any atom is 0.261 e. The molecule has 28 heavy (non-hydrogen) atoms. The number of thiazole rings is 1. The number of carbonyl (C=O) groups excluding carboxylic acids is 1. The van der Waals surface area contributed by atoms with Crippen LogP contribution in [0.15, 0.2) is 65.8 Å². The SMILES string of the molecule is CSc1ccccc1C(=O)N(CCn1cccn1)c1nc2ccc(F)cc2s1. The lowest BCUT2D eigenvalue weighted by atomic mass is 10.2. The lowest BCUT2D eigenvalue weighted by molar-refractivity contribution is 0.0983. The van der Waals surface area contributed by atoms with Crippen LogP contribution >= 0.6 is 23.1 Å². The minimum Gasteiger partial charge on any atom is -0.282 e. The zero-order valence-corrected chi connectivity index (χ0v) is 16.7. The van der Waals surface area contributed by atoms with E-state index in [4.69, 9.17) is 0 Å². The van der Waals surface area contributed by atoms with Crippen molar-refractivity contribution in [3.63, 3.8) is 0 Å². The topological polar surface area (TPSA) is 51.0 Å². The van der Waals surface area contributed by atoms with Crippen LogP contribution in [0, 0.1) is 5.82 Å².